The van der Waals surface area contributed by atoms with Crippen molar-refractivity contribution in [3.8, 4) is 0 Å². The predicted molar refractivity (Wildman–Crippen MR) is 54.2 cm³/mol. The van der Waals surface area contributed by atoms with Crippen LogP contribution in [0.5, 0.6) is 0 Å². The van der Waals surface area contributed by atoms with E-state index in [0.29, 0.717) is 19.4 Å². The second-order valence-electron chi connectivity index (χ2n) is 3.64. The minimum atomic E-state index is -0.537. The van der Waals surface area contributed by atoms with Gasteiger partial charge in [0.15, 0.2) is 5.78 Å². The highest BCUT2D eigenvalue weighted by Crippen LogP contribution is 2.17. The number of cyclic esters (lactones) is 1. The quantitative estimate of drug-likeness (QED) is 0.551. The van der Waals surface area contributed by atoms with Crippen LogP contribution in [-0.2, 0) is 20.7 Å². The molecule has 0 aliphatic carbocycles. The van der Waals surface area contributed by atoms with Crippen molar-refractivity contribution in [3.05, 3.63) is 35.9 Å². The van der Waals surface area contributed by atoms with Crippen molar-refractivity contribution >= 4 is 11.8 Å². The van der Waals surface area contributed by atoms with Crippen LogP contribution in [0, 0.1) is 5.92 Å². The molecule has 2 rings (SSSR count). The Morgan fingerprint density at radius 2 is 2.07 bits per heavy atom. The van der Waals surface area contributed by atoms with Crippen molar-refractivity contribution in [2.24, 2.45) is 5.92 Å². The van der Waals surface area contributed by atoms with Gasteiger partial charge in [-0.25, -0.2) is 0 Å². The molecule has 1 aromatic carbocycles. The molecule has 0 aromatic heterocycles. The van der Waals surface area contributed by atoms with Gasteiger partial charge in [0.1, 0.15) is 5.92 Å². The zero-order chi connectivity index (χ0) is 10.7. The smallest absolute Gasteiger partial charge is 0.316 e. The Bertz CT molecular complexity index is 370. The lowest BCUT2D eigenvalue weighted by molar-refractivity contribution is -0.144. The molecule has 0 bridgehead atoms. The Morgan fingerprint density at radius 1 is 1.33 bits per heavy atom. The summed E-state index contributed by atoms with van der Waals surface area (Å²) in [6, 6.07) is 9.44. The van der Waals surface area contributed by atoms with Gasteiger partial charge >= 0.3 is 5.97 Å². The van der Waals surface area contributed by atoms with Gasteiger partial charge in [0.05, 0.1) is 6.61 Å². The Hall–Kier alpha value is -1.64. The van der Waals surface area contributed by atoms with Gasteiger partial charge in [0, 0.05) is 12.8 Å². The van der Waals surface area contributed by atoms with Crippen molar-refractivity contribution in [2.75, 3.05) is 6.61 Å². The molecule has 1 atom stereocenters. The molecule has 0 N–H and O–H groups in total. The second-order valence-corrected chi connectivity index (χ2v) is 3.64. The molecular weight excluding hydrogens is 192 g/mol. The molecule has 0 unspecified atom stereocenters. The van der Waals surface area contributed by atoms with Crippen LogP contribution in [-0.4, -0.2) is 18.4 Å². The highest BCUT2D eigenvalue weighted by molar-refractivity contribution is 6.00. The first kappa shape index (κ1) is 9.90. The Kier molecular flexibility index (Phi) is 2.81. The van der Waals surface area contributed by atoms with E-state index in [4.69, 9.17) is 4.74 Å². The first-order valence-electron chi connectivity index (χ1n) is 5.00. The van der Waals surface area contributed by atoms with Crippen LogP contribution in [0.25, 0.3) is 0 Å². The molecule has 0 amide bonds. The fourth-order valence-electron chi connectivity index (χ4n) is 1.71. The van der Waals surface area contributed by atoms with E-state index < -0.39 is 5.92 Å². The first-order chi connectivity index (χ1) is 7.27. The maximum atomic E-state index is 11.7. The topological polar surface area (TPSA) is 43.4 Å². The van der Waals surface area contributed by atoms with Crippen LogP contribution in [0.15, 0.2) is 30.3 Å². The summed E-state index contributed by atoms with van der Waals surface area (Å²) in [5.74, 6) is -0.940. The monoisotopic (exact) mass is 204 g/mol. The molecule has 0 spiro atoms. The molecule has 78 valence electrons. The van der Waals surface area contributed by atoms with E-state index in [-0.39, 0.29) is 11.8 Å². The van der Waals surface area contributed by atoms with E-state index in [1.54, 1.807) is 0 Å². The maximum Gasteiger partial charge on any atom is 0.316 e. The van der Waals surface area contributed by atoms with E-state index >= 15 is 0 Å². The molecule has 3 nitrogen and oxygen atoms in total. The summed E-state index contributed by atoms with van der Waals surface area (Å²) >= 11 is 0. The van der Waals surface area contributed by atoms with Crippen molar-refractivity contribution in [1.29, 1.82) is 0 Å². The summed E-state index contributed by atoms with van der Waals surface area (Å²) in [6.45, 7) is 0.379. The van der Waals surface area contributed by atoms with Crippen LogP contribution in [0.2, 0.25) is 0 Å². The van der Waals surface area contributed by atoms with E-state index in [1.165, 1.54) is 0 Å². The van der Waals surface area contributed by atoms with Crippen molar-refractivity contribution in [1.82, 2.24) is 0 Å². The van der Waals surface area contributed by atoms with E-state index in [9.17, 15) is 9.59 Å². The molecule has 1 aliphatic heterocycles. The molecule has 0 radical (unpaired) electrons. The summed E-state index contributed by atoms with van der Waals surface area (Å²) in [5, 5.41) is 0. The fourth-order valence-corrected chi connectivity index (χ4v) is 1.71. The normalized spacial score (nSPS) is 20.0. The third-order valence-electron chi connectivity index (χ3n) is 2.55. The van der Waals surface area contributed by atoms with Gasteiger partial charge in [-0.15, -0.1) is 0 Å². The number of Topliss-reactive ketones (excluding diaryl/α,β-unsaturated/α-hetero) is 1. The number of hydrogen-bond donors (Lipinski definition) is 0. The number of benzene rings is 1. The largest absolute Gasteiger partial charge is 0.465 e. The minimum Gasteiger partial charge on any atom is -0.465 e. The molecule has 1 aliphatic rings. The molecule has 1 fully saturated rings. The Labute approximate surface area is 88.1 Å². The zero-order valence-electron chi connectivity index (χ0n) is 8.31. The SMILES string of the molecule is O=C(Cc1ccccc1)[C@@H]1CCOC1=O. The number of esters is 1. The molecule has 1 aromatic rings. The van der Waals surface area contributed by atoms with E-state index in [2.05, 4.69) is 0 Å². The van der Waals surface area contributed by atoms with Crippen LogP contribution >= 0.6 is 0 Å². The first-order valence-corrected chi connectivity index (χ1v) is 5.00. The second kappa shape index (κ2) is 4.26. The lowest BCUT2D eigenvalue weighted by Crippen LogP contribution is -2.21. The molecule has 0 saturated carbocycles. The molecule has 3 heteroatoms. The zero-order valence-corrected chi connectivity index (χ0v) is 8.31. The summed E-state index contributed by atoms with van der Waals surface area (Å²) < 4.78 is 4.76. The Morgan fingerprint density at radius 3 is 2.67 bits per heavy atom. The fraction of sp³-hybridized carbons (Fsp3) is 0.333. The number of carbonyl (C=O) groups is 2. The molecule has 15 heavy (non-hydrogen) atoms. The maximum absolute atomic E-state index is 11.7. The highest BCUT2D eigenvalue weighted by atomic mass is 16.5. The van der Waals surface area contributed by atoms with Crippen LogP contribution in [0.4, 0.5) is 0 Å². The molecule has 1 saturated heterocycles. The van der Waals surface area contributed by atoms with Crippen molar-refractivity contribution in [2.45, 2.75) is 12.8 Å². The summed E-state index contributed by atoms with van der Waals surface area (Å²) in [6.07, 6.45) is 0.852. The number of ether oxygens (including phenoxy) is 1. The Balaban J connectivity index is 2.01. The van der Waals surface area contributed by atoms with Crippen LogP contribution in [0.1, 0.15) is 12.0 Å². The van der Waals surface area contributed by atoms with Gasteiger partial charge in [0.2, 0.25) is 0 Å². The van der Waals surface area contributed by atoms with Gasteiger partial charge in [-0.05, 0) is 5.56 Å². The molecular formula is C12H12O3. The number of ketones is 1. The van der Waals surface area contributed by atoms with Crippen molar-refractivity contribution in [3.63, 3.8) is 0 Å². The average Bonchev–Trinajstić information content (AvgIpc) is 2.66. The van der Waals surface area contributed by atoms with Gasteiger partial charge in [-0.3, -0.25) is 9.59 Å². The van der Waals surface area contributed by atoms with E-state index in [0.717, 1.165) is 5.56 Å². The van der Waals surface area contributed by atoms with Gasteiger partial charge in [-0.1, -0.05) is 30.3 Å². The predicted octanol–water partition coefficient (Wildman–Crippen LogP) is 1.36. The highest BCUT2D eigenvalue weighted by Gasteiger charge is 2.32. The number of hydrogen-bond acceptors (Lipinski definition) is 3. The standard InChI is InChI=1S/C12H12O3/c13-11(10-6-7-15-12(10)14)8-9-4-2-1-3-5-9/h1-5,10H,6-8H2/t10-/m0/s1. The minimum absolute atomic E-state index is 0.0382. The summed E-state index contributed by atoms with van der Waals surface area (Å²) in [5.41, 5.74) is 0.946. The van der Waals surface area contributed by atoms with Crippen molar-refractivity contribution < 1.29 is 14.3 Å². The third kappa shape index (κ3) is 2.24. The lowest BCUT2D eigenvalue weighted by Gasteiger charge is -2.04. The summed E-state index contributed by atoms with van der Waals surface area (Å²) in [7, 11) is 0. The van der Waals surface area contributed by atoms with Gasteiger partial charge in [-0.2, -0.15) is 0 Å². The average molecular weight is 204 g/mol. The van der Waals surface area contributed by atoms with E-state index in [1.807, 2.05) is 30.3 Å². The third-order valence-corrected chi connectivity index (χ3v) is 2.55. The lowest BCUT2D eigenvalue weighted by atomic mass is 9.97. The van der Waals surface area contributed by atoms with Crippen LogP contribution < -0.4 is 0 Å². The summed E-state index contributed by atoms with van der Waals surface area (Å²) in [4.78, 5) is 22.9. The van der Waals surface area contributed by atoms with Crippen LogP contribution in [0.3, 0.4) is 0 Å². The number of rotatable bonds is 3. The molecule has 1 heterocycles. The van der Waals surface area contributed by atoms with Gasteiger partial charge in [0.25, 0.3) is 0 Å². The van der Waals surface area contributed by atoms with Gasteiger partial charge < -0.3 is 4.74 Å². The number of carbonyl (C=O) groups excluding carboxylic acids is 2.